The van der Waals surface area contributed by atoms with E-state index in [-0.39, 0.29) is 5.34 Å². The first-order valence-corrected chi connectivity index (χ1v) is 13.4. The second-order valence-electron chi connectivity index (χ2n) is 8.65. The second kappa shape index (κ2) is 7.25. The van der Waals surface area contributed by atoms with E-state index < -0.39 is 14.4 Å². The number of hydrogen-bond acceptors (Lipinski definition) is 1. The van der Waals surface area contributed by atoms with E-state index in [0.29, 0.717) is 17.4 Å². The number of hydrogen-bond donors (Lipinski definition) is 0. The molecule has 0 aromatic carbocycles. The molecule has 1 fully saturated rings. The van der Waals surface area contributed by atoms with Gasteiger partial charge in [-0.05, 0) is 49.8 Å². The fraction of sp³-hybridized carbons (Fsp3) is 0.889. The van der Waals surface area contributed by atoms with Crippen molar-refractivity contribution in [1.82, 2.24) is 0 Å². The molecular formula is C18H39BOP2. The highest BCUT2D eigenvalue weighted by Gasteiger charge is 2.46. The molecule has 130 valence electrons. The molecule has 22 heavy (non-hydrogen) atoms. The third-order valence-electron chi connectivity index (χ3n) is 6.75. The molecule has 4 atom stereocenters. The molecule has 0 radical (unpaired) electrons. The van der Waals surface area contributed by atoms with Crippen LogP contribution in [0.25, 0.3) is 0 Å². The van der Waals surface area contributed by atoms with Crippen molar-refractivity contribution in [2.75, 3.05) is 18.2 Å². The van der Waals surface area contributed by atoms with E-state index in [2.05, 4.69) is 68.9 Å². The lowest BCUT2D eigenvalue weighted by molar-refractivity contribution is -0.0426. The van der Waals surface area contributed by atoms with Gasteiger partial charge in [0.25, 0.3) is 0 Å². The molecule has 0 aromatic rings. The summed E-state index contributed by atoms with van der Waals surface area (Å²) >= 11 is 0. The van der Waals surface area contributed by atoms with E-state index in [1.807, 2.05) is 0 Å². The first-order valence-electron chi connectivity index (χ1n) is 8.96. The van der Waals surface area contributed by atoms with Crippen LogP contribution in [-0.4, -0.2) is 50.1 Å². The van der Waals surface area contributed by atoms with Gasteiger partial charge in [0.1, 0.15) is 7.85 Å². The van der Waals surface area contributed by atoms with Crippen molar-refractivity contribution in [2.24, 2.45) is 11.3 Å². The van der Waals surface area contributed by atoms with Crippen molar-refractivity contribution in [3.8, 4) is 0 Å². The van der Waals surface area contributed by atoms with Crippen molar-refractivity contribution in [3.63, 3.8) is 0 Å². The topological polar surface area (TPSA) is 9.23 Å². The van der Waals surface area contributed by atoms with Crippen LogP contribution in [0.4, 0.5) is 0 Å². The van der Waals surface area contributed by atoms with Crippen molar-refractivity contribution in [1.29, 1.82) is 0 Å². The molecule has 0 saturated heterocycles. The fourth-order valence-corrected chi connectivity index (χ4v) is 10.8. The van der Waals surface area contributed by atoms with Gasteiger partial charge in [-0.1, -0.05) is 48.0 Å². The third kappa shape index (κ3) is 4.37. The minimum atomic E-state index is -1.03. The zero-order chi connectivity index (χ0) is 17.3. The van der Waals surface area contributed by atoms with Gasteiger partial charge in [-0.2, -0.15) is 0 Å². The molecule has 0 amide bonds. The van der Waals surface area contributed by atoms with E-state index in [1.54, 1.807) is 0 Å². The molecule has 0 aliphatic heterocycles. The molecule has 1 unspecified atom stereocenters. The van der Waals surface area contributed by atoms with Gasteiger partial charge in [0, 0.05) is 0 Å². The van der Waals surface area contributed by atoms with Crippen LogP contribution in [0.1, 0.15) is 54.9 Å². The standard InChI is InChI=1S/C18H39BOP2/c1-10-22(9,11-2)13-21(8)18(6,7)20-15-12-16(19)17(4,5)14(15)3/h14-16,21H,8-13,19H2,1-7H3/t14-,15+,16-/m1/s1. The normalized spacial score (nSPS) is 30.4. The zero-order valence-corrected chi connectivity index (χ0v) is 18.2. The van der Waals surface area contributed by atoms with Crippen LogP contribution in [0.3, 0.4) is 0 Å². The summed E-state index contributed by atoms with van der Waals surface area (Å²) in [5, 5.41) is -0.0585. The van der Waals surface area contributed by atoms with Gasteiger partial charge in [0.05, 0.1) is 11.4 Å². The SMILES string of the molecule is B[C@@H]1C[C@H](OC(C)(C)[PH](=C)CP(=C)(CC)CC)[C@@H](C)C1(C)C. The van der Waals surface area contributed by atoms with Crippen molar-refractivity contribution >= 4 is 34.9 Å². The van der Waals surface area contributed by atoms with E-state index >= 15 is 0 Å². The van der Waals surface area contributed by atoms with Crippen molar-refractivity contribution < 1.29 is 4.74 Å². The summed E-state index contributed by atoms with van der Waals surface area (Å²) < 4.78 is 6.69. The van der Waals surface area contributed by atoms with Gasteiger partial charge < -0.3 is 4.74 Å². The summed E-state index contributed by atoms with van der Waals surface area (Å²) in [6.45, 7) is 15.3. The molecule has 0 bridgehead atoms. The molecule has 0 spiro atoms. The van der Waals surface area contributed by atoms with Gasteiger partial charge in [0.15, 0.2) is 0 Å². The Morgan fingerprint density at radius 3 is 2.18 bits per heavy atom. The molecule has 0 aromatic heterocycles. The first kappa shape index (κ1) is 20.7. The van der Waals surface area contributed by atoms with Gasteiger partial charge >= 0.3 is 0 Å². The molecule has 0 N–H and O–H groups in total. The monoisotopic (exact) mass is 344 g/mol. The summed E-state index contributed by atoms with van der Waals surface area (Å²) in [6.07, 6.45) is 13.2. The molecule has 0 heterocycles. The lowest BCUT2D eigenvalue weighted by Gasteiger charge is -2.38. The van der Waals surface area contributed by atoms with Crippen LogP contribution in [0.2, 0.25) is 5.82 Å². The highest BCUT2D eigenvalue weighted by Crippen LogP contribution is 2.58. The molecule has 1 aliphatic carbocycles. The average molecular weight is 344 g/mol. The van der Waals surface area contributed by atoms with Gasteiger partial charge in [-0.3, -0.25) is 0 Å². The average Bonchev–Trinajstić information content (AvgIpc) is 2.61. The van der Waals surface area contributed by atoms with E-state index in [1.165, 1.54) is 24.6 Å². The lowest BCUT2D eigenvalue weighted by Crippen LogP contribution is -2.32. The molecule has 1 aliphatic rings. The molecule has 1 nitrogen and oxygen atoms in total. The predicted molar refractivity (Wildman–Crippen MR) is 114 cm³/mol. The fourth-order valence-electron chi connectivity index (χ4n) is 3.44. The Balaban J connectivity index is 2.80. The van der Waals surface area contributed by atoms with E-state index in [9.17, 15) is 0 Å². The Hall–Kier alpha value is 0.625. The van der Waals surface area contributed by atoms with Crippen LogP contribution in [0, 0.1) is 11.3 Å². The first-order chi connectivity index (χ1) is 9.89. The Morgan fingerprint density at radius 2 is 1.82 bits per heavy atom. The minimum absolute atomic E-state index is 0.0585. The van der Waals surface area contributed by atoms with E-state index in [0.717, 1.165) is 5.82 Å². The Bertz CT molecular complexity index is 448. The summed E-state index contributed by atoms with van der Waals surface area (Å²) in [7, 11) is 1.58. The highest BCUT2D eigenvalue weighted by molar-refractivity contribution is 7.83. The minimum Gasteiger partial charge on any atom is -0.368 e. The predicted octanol–water partition coefficient (Wildman–Crippen LogP) is 4.69. The van der Waals surface area contributed by atoms with Gasteiger partial charge in [-0.25, -0.2) is 0 Å². The zero-order valence-electron chi connectivity index (χ0n) is 16.3. The van der Waals surface area contributed by atoms with Crippen molar-refractivity contribution in [2.45, 2.75) is 72.2 Å². The molecule has 1 rings (SSSR count). The Kier molecular flexibility index (Phi) is 6.81. The van der Waals surface area contributed by atoms with Gasteiger partial charge in [-0.15, -0.1) is 19.5 Å². The maximum atomic E-state index is 6.69. The van der Waals surface area contributed by atoms with Crippen LogP contribution < -0.4 is 0 Å². The second-order valence-corrected chi connectivity index (χ2v) is 16.3. The van der Waals surface area contributed by atoms with Crippen LogP contribution in [0.5, 0.6) is 0 Å². The Morgan fingerprint density at radius 1 is 1.32 bits per heavy atom. The Labute approximate surface area is 141 Å². The smallest absolute Gasteiger partial charge is 0.106 e. The molecule has 1 saturated carbocycles. The van der Waals surface area contributed by atoms with Crippen molar-refractivity contribution in [3.05, 3.63) is 0 Å². The summed E-state index contributed by atoms with van der Waals surface area (Å²) in [4.78, 5) is 0. The van der Waals surface area contributed by atoms with Crippen LogP contribution >= 0.6 is 14.4 Å². The van der Waals surface area contributed by atoms with E-state index in [4.69, 9.17) is 4.74 Å². The summed E-state index contributed by atoms with van der Waals surface area (Å²) in [5.41, 5.74) is 0.380. The maximum absolute atomic E-state index is 6.69. The highest BCUT2D eigenvalue weighted by atomic mass is 31.2. The molecule has 4 heteroatoms. The van der Waals surface area contributed by atoms with Crippen LogP contribution in [0.15, 0.2) is 0 Å². The molecular weight excluding hydrogens is 305 g/mol. The summed E-state index contributed by atoms with van der Waals surface area (Å²) in [6, 6.07) is 0. The summed E-state index contributed by atoms with van der Waals surface area (Å²) in [5.74, 6) is 2.60. The lowest BCUT2D eigenvalue weighted by atomic mass is 9.67. The number of rotatable bonds is 7. The van der Waals surface area contributed by atoms with Gasteiger partial charge in [0.2, 0.25) is 0 Å². The maximum Gasteiger partial charge on any atom is 0.106 e. The third-order valence-corrected chi connectivity index (χ3v) is 15.5. The van der Waals surface area contributed by atoms with Crippen LogP contribution in [-0.2, 0) is 4.74 Å². The quantitative estimate of drug-likeness (QED) is 0.481. The number of ether oxygens (including phenoxy) is 1. The largest absolute Gasteiger partial charge is 0.368 e.